The highest BCUT2D eigenvalue weighted by Gasteiger charge is 2.16. The molecule has 0 aliphatic carbocycles. The maximum absolute atomic E-state index is 5.39. The van der Waals surface area contributed by atoms with E-state index in [2.05, 4.69) is 20.7 Å². The molecule has 0 aromatic carbocycles. The van der Waals surface area contributed by atoms with Gasteiger partial charge in [0.25, 0.3) is 0 Å². The summed E-state index contributed by atoms with van der Waals surface area (Å²) in [6, 6.07) is 2.07. The Balaban J connectivity index is 2.06. The van der Waals surface area contributed by atoms with Crippen molar-refractivity contribution in [1.29, 1.82) is 0 Å². The first-order valence-electron chi connectivity index (χ1n) is 6.08. The monoisotopic (exact) mass is 253 g/mol. The maximum Gasteiger partial charge on any atom is 0.158 e. The second kappa shape index (κ2) is 6.48. The third kappa shape index (κ3) is 3.52. The average Bonchev–Trinajstić information content (AvgIpc) is 2.89. The molecule has 1 saturated heterocycles. The summed E-state index contributed by atoms with van der Waals surface area (Å²) in [5.74, 6) is 7.31. The third-order valence-electron chi connectivity index (χ3n) is 2.64. The van der Waals surface area contributed by atoms with Gasteiger partial charge >= 0.3 is 0 Å². The summed E-state index contributed by atoms with van der Waals surface area (Å²) >= 11 is 0. The molecule has 2 rings (SSSR count). The number of aromatic nitrogens is 2. The van der Waals surface area contributed by atoms with Gasteiger partial charge in [-0.05, 0) is 13.3 Å². The predicted molar refractivity (Wildman–Crippen MR) is 68.0 cm³/mol. The SMILES string of the molecule is CCOCc1nc(NN)cc(NC2CCOC2)n1. The van der Waals surface area contributed by atoms with Gasteiger partial charge in [0.05, 0.1) is 12.6 Å². The van der Waals surface area contributed by atoms with E-state index in [1.165, 1.54) is 0 Å². The molecule has 7 nitrogen and oxygen atoms in total. The van der Waals surface area contributed by atoms with Gasteiger partial charge in [0, 0.05) is 19.3 Å². The molecule has 0 amide bonds. The molecule has 100 valence electrons. The van der Waals surface area contributed by atoms with Crippen molar-refractivity contribution in [2.24, 2.45) is 5.84 Å². The van der Waals surface area contributed by atoms with Crippen molar-refractivity contribution in [3.63, 3.8) is 0 Å². The van der Waals surface area contributed by atoms with Crippen LogP contribution in [0.4, 0.5) is 11.6 Å². The number of anilines is 2. The van der Waals surface area contributed by atoms with Crippen molar-refractivity contribution < 1.29 is 9.47 Å². The van der Waals surface area contributed by atoms with E-state index in [4.69, 9.17) is 15.3 Å². The number of rotatable bonds is 6. The molecule has 1 atom stereocenters. The van der Waals surface area contributed by atoms with E-state index in [9.17, 15) is 0 Å². The lowest BCUT2D eigenvalue weighted by molar-refractivity contribution is 0.128. The van der Waals surface area contributed by atoms with E-state index in [0.29, 0.717) is 37.5 Å². The highest BCUT2D eigenvalue weighted by molar-refractivity contribution is 5.47. The van der Waals surface area contributed by atoms with Crippen LogP contribution in [-0.2, 0) is 16.1 Å². The first-order chi connectivity index (χ1) is 8.81. The Labute approximate surface area is 106 Å². The van der Waals surface area contributed by atoms with Crippen LogP contribution in [0.5, 0.6) is 0 Å². The molecular formula is C11H19N5O2. The van der Waals surface area contributed by atoms with Gasteiger partial charge in [0.15, 0.2) is 5.82 Å². The van der Waals surface area contributed by atoms with E-state index < -0.39 is 0 Å². The van der Waals surface area contributed by atoms with Gasteiger partial charge in [-0.1, -0.05) is 0 Å². The van der Waals surface area contributed by atoms with Crippen LogP contribution in [0.3, 0.4) is 0 Å². The van der Waals surface area contributed by atoms with Crippen LogP contribution in [0.25, 0.3) is 0 Å². The molecule has 2 heterocycles. The normalized spacial score (nSPS) is 18.9. The summed E-state index contributed by atoms with van der Waals surface area (Å²) in [6.07, 6.45) is 0.982. The molecule has 0 bridgehead atoms. The Bertz CT molecular complexity index is 382. The van der Waals surface area contributed by atoms with Crippen LogP contribution in [-0.4, -0.2) is 35.8 Å². The topological polar surface area (TPSA) is 94.3 Å². The largest absolute Gasteiger partial charge is 0.379 e. The van der Waals surface area contributed by atoms with Gasteiger partial charge < -0.3 is 20.2 Å². The number of hydrazine groups is 1. The van der Waals surface area contributed by atoms with Gasteiger partial charge in [-0.25, -0.2) is 15.8 Å². The molecule has 0 radical (unpaired) electrons. The predicted octanol–water partition coefficient (Wildman–Crippen LogP) is 0.499. The standard InChI is InChI=1S/C11H19N5O2/c1-2-17-7-11-14-9(5-10(15-11)16-12)13-8-3-4-18-6-8/h5,8H,2-4,6-7,12H2,1H3,(H2,13,14,15,16). The van der Waals surface area contributed by atoms with Gasteiger partial charge in [-0.2, -0.15) is 0 Å². The molecule has 18 heavy (non-hydrogen) atoms. The summed E-state index contributed by atoms with van der Waals surface area (Å²) in [4.78, 5) is 8.60. The smallest absolute Gasteiger partial charge is 0.158 e. The van der Waals surface area contributed by atoms with Crippen molar-refractivity contribution in [3.05, 3.63) is 11.9 Å². The van der Waals surface area contributed by atoms with Crippen LogP contribution in [0.1, 0.15) is 19.2 Å². The molecule has 1 aromatic heterocycles. The van der Waals surface area contributed by atoms with Crippen molar-refractivity contribution >= 4 is 11.6 Å². The summed E-state index contributed by atoms with van der Waals surface area (Å²) in [7, 11) is 0. The molecule has 0 spiro atoms. The number of nitrogens with two attached hydrogens (primary N) is 1. The molecule has 1 fully saturated rings. The molecule has 1 aliphatic rings. The summed E-state index contributed by atoms with van der Waals surface area (Å²) in [5.41, 5.74) is 2.53. The van der Waals surface area contributed by atoms with Crippen molar-refractivity contribution in [3.8, 4) is 0 Å². The van der Waals surface area contributed by atoms with Crippen molar-refractivity contribution in [2.75, 3.05) is 30.6 Å². The van der Waals surface area contributed by atoms with E-state index in [-0.39, 0.29) is 0 Å². The summed E-state index contributed by atoms with van der Waals surface area (Å²) < 4.78 is 10.6. The molecule has 0 saturated carbocycles. The Morgan fingerprint density at radius 3 is 3.00 bits per heavy atom. The molecule has 4 N–H and O–H groups in total. The van der Waals surface area contributed by atoms with Gasteiger partial charge in [0.1, 0.15) is 18.2 Å². The quantitative estimate of drug-likeness (QED) is 0.502. The minimum absolute atomic E-state index is 0.297. The van der Waals surface area contributed by atoms with Crippen molar-refractivity contribution in [2.45, 2.75) is 26.0 Å². The van der Waals surface area contributed by atoms with Crippen LogP contribution in [0.15, 0.2) is 6.07 Å². The van der Waals surface area contributed by atoms with Gasteiger partial charge in [0.2, 0.25) is 0 Å². The number of nitrogens with one attached hydrogen (secondary N) is 2. The van der Waals surface area contributed by atoms with E-state index >= 15 is 0 Å². The second-order valence-corrected chi connectivity index (χ2v) is 4.04. The molecular weight excluding hydrogens is 234 g/mol. The fourth-order valence-electron chi connectivity index (χ4n) is 1.76. The fourth-order valence-corrected chi connectivity index (χ4v) is 1.76. The van der Waals surface area contributed by atoms with E-state index in [1.807, 2.05) is 6.92 Å². The second-order valence-electron chi connectivity index (χ2n) is 4.04. The third-order valence-corrected chi connectivity index (χ3v) is 2.64. The van der Waals surface area contributed by atoms with Crippen LogP contribution < -0.4 is 16.6 Å². The number of nitrogens with zero attached hydrogens (tertiary/aromatic N) is 2. The van der Waals surface area contributed by atoms with Crippen LogP contribution in [0.2, 0.25) is 0 Å². The molecule has 7 heteroatoms. The first-order valence-corrected chi connectivity index (χ1v) is 6.08. The zero-order chi connectivity index (χ0) is 12.8. The Morgan fingerprint density at radius 1 is 1.50 bits per heavy atom. The average molecular weight is 253 g/mol. The van der Waals surface area contributed by atoms with E-state index in [0.717, 1.165) is 18.8 Å². The lowest BCUT2D eigenvalue weighted by atomic mass is 10.2. The molecule has 1 aromatic rings. The minimum Gasteiger partial charge on any atom is -0.379 e. The number of hydrogen-bond donors (Lipinski definition) is 3. The number of ether oxygens (including phenoxy) is 2. The van der Waals surface area contributed by atoms with Crippen LogP contribution in [0, 0.1) is 0 Å². The maximum atomic E-state index is 5.39. The van der Waals surface area contributed by atoms with E-state index in [1.54, 1.807) is 6.07 Å². The molecule has 1 unspecified atom stereocenters. The molecule has 1 aliphatic heterocycles. The zero-order valence-electron chi connectivity index (χ0n) is 10.5. The summed E-state index contributed by atoms with van der Waals surface area (Å²) in [6.45, 7) is 4.43. The lowest BCUT2D eigenvalue weighted by Gasteiger charge is -2.13. The Hall–Kier alpha value is -1.44. The first kappa shape index (κ1) is 13.0. The number of nitrogen functional groups attached to an aromatic ring is 1. The highest BCUT2D eigenvalue weighted by Crippen LogP contribution is 2.15. The number of hydrogen-bond acceptors (Lipinski definition) is 7. The van der Waals surface area contributed by atoms with Gasteiger partial charge in [-0.15, -0.1) is 0 Å². The van der Waals surface area contributed by atoms with Crippen LogP contribution >= 0.6 is 0 Å². The zero-order valence-corrected chi connectivity index (χ0v) is 10.5. The minimum atomic E-state index is 0.297. The van der Waals surface area contributed by atoms with Crippen molar-refractivity contribution in [1.82, 2.24) is 9.97 Å². The van der Waals surface area contributed by atoms with Gasteiger partial charge in [-0.3, -0.25) is 0 Å². The lowest BCUT2D eigenvalue weighted by Crippen LogP contribution is -2.21. The highest BCUT2D eigenvalue weighted by atomic mass is 16.5. The Morgan fingerprint density at radius 2 is 2.33 bits per heavy atom. The Kier molecular flexibility index (Phi) is 4.68. The fraction of sp³-hybridized carbons (Fsp3) is 0.636. The summed E-state index contributed by atoms with van der Waals surface area (Å²) in [5, 5.41) is 3.31.